The molecule has 2 saturated heterocycles. The minimum atomic E-state index is -1.46. The first-order chi connectivity index (χ1) is 21.9. The highest BCUT2D eigenvalue weighted by Crippen LogP contribution is 2.53. The van der Waals surface area contributed by atoms with Crippen molar-refractivity contribution in [2.45, 2.75) is 43.1 Å². The fraction of sp³-hybridized carbons (Fsp3) is 0.412. The number of anilines is 1. The van der Waals surface area contributed by atoms with Crippen molar-refractivity contribution in [3.05, 3.63) is 84.5 Å². The van der Waals surface area contributed by atoms with E-state index in [0.29, 0.717) is 23.4 Å². The Labute approximate surface area is 261 Å². The lowest BCUT2D eigenvalue weighted by atomic mass is 9.78. The third-order valence-electron chi connectivity index (χ3n) is 8.99. The highest BCUT2D eigenvalue weighted by Gasteiger charge is 2.71. The molecule has 4 aliphatic heterocycles. The molecule has 0 saturated carbocycles. The van der Waals surface area contributed by atoms with E-state index in [1.165, 1.54) is 4.90 Å². The number of aliphatic hydroxyl groups is 1. The number of fused-ring (bicyclic) bond motifs is 2. The van der Waals surface area contributed by atoms with Gasteiger partial charge in [0, 0.05) is 31.8 Å². The zero-order chi connectivity index (χ0) is 31.6. The molecule has 6 rings (SSSR count). The van der Waals surface area contributed by atoms with Gasteiger partial charge in [-0.15, -0.1) is 0 Å². The van der Waals surface area contributed by atoms with E-state index in [1.807, 2.05) is 30.3 Å². The van der Waals surface area contributed by atoms with Crippen LogP contribution in [0.4, 0.5) is 5.69 Å². The molecule has 2 fully saturated rings. The topological polar surface area (TPSA) is 135 Å². The van der Waals surface area contributed by atoms with E-state index in [9.17, 15) is 24.3 Å². The minimum Gasteiger partial charge on any atom is -0.497 e. The van der Waals surface area contributed by atoms with Crippen LogP contribution in [-0.4, -0.2) is 84.8 Å². The van der Waals surface area contributed by atoms with Crippen LogP contribution < -0.4 is 15.0 Å². The molecule has 0 aliphatic carbocycles. The normalized spacial score (nSPS) is 30.7. The summed E-state index contributed by atoms with van der Waals surface area (Å²) in [6.45, 7) is 0.225. The van der Waals surface area contributed by atoms with E-state index in [4.69, 9.17) is 14.2 Å². The number of hydrogen-bond acceptors (Lipinski definition) is 8. The number of nitrogens with one attached hydrogen (secondary N) is 1. The van der Waals surface area contributed by atoms with Crippen molar-refractivity contribution in [3.8, 4) is 5.75 Å². The van der Waals surface area contributed by atoms with Gasteiger partial charge in [0.25, 0.3) is 5.91 Å². The van der Waals surface area contributed by atoms with Gasteiger partial charge in [0.05, 0.1) is 25.7 Å². The predicted molar refractivity (Wildman–Crippen MR) is 163 cm³/mol. The molecule has 0 unspecified atom stereocenters. The Balaban J connectivity index is 1.41. The molecule has 1 spiro atoms. The van der Waals surface area contributed by atoms with Gasteiger partial charge in [-0.25, -0.2) is 0 Å². The van der Waals surface area contributed by atoms with Crippen LogP contribution in [0.3, 0.4) is 0 Å². The molecule has 11 heteroatoms. The zero-order valence-corrected chi connectivity index (χ0v) is 25.0. The quantitative estimate of drug-likeness (QED) is 0.374. The van der Waals surface area contributed by atoms with Gasteiger partial charge >= 0.3 is 5.97 Å². The number of aliphatic hydroxyl groups excluding tert-OH is 1. The monoisotopic (exact) mass is 615 g/mol. The maximum absolute atomic E-state index is 14.5. The number of allylic oxidation sites excluding steroid dienone is 1. The first-order valence-corrected chi connectivity index (χ1v) is 15.3. The Morgan fingerprint density at radius 2 is 1.80 bits per heavy atom. The number of carbonyl (C=O) groups is 4. The first kappa shape index (κ1) is 30.5. The second-order valence-corrected chi connectivity index (χ2v) is 11.6. The highest BCUT2D eigenvalue weighted by molar-refractivity contribution is 6.05. The highest BCUT2D eigenvalue weighted by atomic mass is 16.6. The number of ether oxygens (including phenoxy) is 3. The molecular formula is C34H37N3O8. The molecule has 3 amide bonds. The lowest BCUT2D eigenvalue weighted by molar-refractivity contribution is -0.159. The molecule has 0 aromatic heterocycles. The molecule has 6 atom stereocenters. The average molecular weight is 616 g/mol. The lowest BCUT2D eigenvalue weighted by Gasteiger charge is -2.35. The number of benzene rings is 2. The number of methoxy groups -OCH3 is 1. The average Bonchev–Trinajstić information content (AvgIpc) is 3.44. The standard InChI is InChI=1S/C34H37N3O8/c1-43-24-15-13-23(14-16-24)36-18-7-17-34-29(31(40)37(19-8-20-38)30(34)32(36)41)28-25(45-34)11-5-6-12-27(39)35-21-26(44-33(28)42)22-9-3-2-4-10-22/h2-5,7,9-11,13-17,25-26,28-30,38H,6,8,12,18-21H2,1H3,(H,35,39)/b11-5-/t25-,26+,28+,29+,30-,34+/m0/s1. The van der Waals surface area contributed by atoms with Gasteiger partial charge in [-0.3, -0.25) is 19.2 Å². The third-order valence-corrected chi connectivity index (χ3v) is 8.99. The van der Waals surface area contributed by atoms with Crippen molar-refractivity contribution in [2.24, 2.45) is 11.8 Å². The van der Waals surface area contributed by atoms with Gasteiger partial charge in [0.15, 0.2) is 0 Å². The largest absolute Gasteiger partial charge is 0.497 e. The molecule has 0 radical (unpaired) electrons. The Morgan fingerprint density at radius 3 is 2.53 bits per heavy atom. The van der Waals surface area contributed by atoms with E-state index >= 15 is 0 Å². The molecule has 4 aliphatic rings. The first-order valence-electron chi connectivity index (χ1n) is 15.3. The number of amides is 3. The Morgan fingerprint density at radius 1 is 1.02 bits per heavy atom. The molecule has 0 bridgehead atoms. The van der Waals surface area contributed by atoms with Crippen LogP contribution in [0.25, 0.3) is 0 Å². The minimum absolute atomic E-state index is 0.0702. The van der Waals surface area contributed by atoms with E-state index in [0.717, 1.165) is 0 Å². The third kappa shape index (κ3) is 5.62. The summed E-state index contributed by atoms with van der Waals surface area (Å²) in [5, 5.41) is 12.5. The molecule has 2 aromatic carbocycles. The molecule has 45 heavy (non-hydrogen) atoms. The Kier molecular flexibility index (Phi) is 8.73. The van der Waals surface area contributed by atoms with Crippen LogP contribution >= 0.6 is 0 Å². The maximum atomic E-state index is 14.5. The summed E-state index contributed by atoms with van der Waals surface area (Å²) in [5.74, 6) is -3.05. The van der Waals surface area contributed by atoms with Crippen molar-refractivity contribution in [1.29, 1.82) is 0 Å². The van der Waals surface area contributed by atoms with Crippen LogP contribution in [0, 0.1) is 11.8 Å². The molecule has 236 valence electrons. The predicted octanol–water partition coefficient (Wildman–Crippen LogP) is 2.31. The summed E-state index contributed by atoms with van der Waals surface area (Å²) >= 11 is 0. The fourth-order valence-corrected chi connectivity index (χ4v) is 6.88. The van der Waals surface area contributed by atoms with E-state index in [2.05, 4.69) is 5.32 Å². The SMILES string of the molecule is COc1ccc(N2CC=C[C@@]34O[C@H]5/C=C\CCC(=O)NC[C@H](c6ccccc6)OC(=O)[C@H]5[C@@H]3C(=O)N(CCCO)[C@H]4C2=O)cc1. The number of carbonyl (C=O) groups excluding carboxylic acids is 4. The summed E-state index contributed by atoms with van der Waals surface area (Å²) < 4.78 is 18.1. The van der Waals surface area contributed by atoms with Gasteiger partial charge in [0.2, 0.25) is 11.8 Å². The summed E-state index contributed by atoms with van der Waals surface area (Å²) in [4.78, 5) is 58.6. The second kappa shape index (κ2) is 12.9. The summed E-state index contributed by atoms with van der Waals surface area (Å²) in [7, 11) is 1.56. The number of esters is 1. The molecule has 2 N–H and O–H groups in total. The number of hydrogen-bond donors (Lipinski definition) is 2. The van der Waals surface area contributed by atoms with Gasteiger partial charge in [-0.2, -0.15) is 0 Å². The lowest BCUT2D eigenvalue weighted by Crippen LogP contribution is -2.55. The van der Waals surface area contributed by atoms with Crippen molar-refractivity contribution in [2.75, 3.05) is 38.3 Å². The van der Waals surface area contributed by atoms with Crippen molar-refractivity contribution in [1.82, 2.24) is 10.2 Å². The zero-order valence-electron chi connectivity index (χ0n) is 25.0. The van der Waals surface area contributed by atoms with E-state index in [1.54, 1.807) is 60.6 Å². The van der Waals surface area contributed by atoms with E-state index < -0.39 is 47.6 Å². The summed E-state index contributed by atoms with van der Waals surface area (Å²) in [6.07, 6.45) is 6.24. The van der Waals surface area contributed by atoms with Crippen LogP contribution in [0.2, 0.25) is 0 Å². The van der Waals surface area contributed by atoms with Gasteiger partial charge < -0.3 is 34.4 Å². The second-order valence-electron chi connectivity index (χ2n) is 11.6. The smallest absolute Gasteiger partial charge is 0.313 e. The number of rotatable bonds is 6. The molecule has 11 nitrogen and oxygen atoms in total. The Hall–Kier alpha value is -4.48. The number of likely N-dealkylation sites (tertiary alicyclic amines) is 1. The van der Waals surface area contributed by atoms with Crippen LogP contribution in [0.15, 0.2) is 78.9 Å². The fourth-order valence-electron chi connectivity index (χ4n) is 6.88. The van der Waals surface area contributed by atoms with Gasteiger partial charge in [-0.1, -0.05) is 54.6 Å². The maximum Gasteiger partial charge on any atom is 0.313 e. The van der Waals surface area contributed by atoms with E-state index in [-0.39, 0.29) is 50.9 Å². The Bertz CT molecular complexity index is 1490. The molecule has 2 aromatic rings. The van der Waals surface area contributed by atoms with Crippen molar-refractivity contribution < 1.29 is 38.5 Å². The van der Waals surface area contributed by atoms with Gasteiger partial charge in [-0.05, 0) is 42.7 Å². The van der Waals surface area contributed by atoms with Crippen LogP contribution in [-0.2, 0) is 28.7 Å². The molecule has 4 heterocycles. The summed E-state index contributed by atoms with van der Waals surface area (Å²) in [6, 6.07) is 15.1. The summed E-state index contributed by atoms with van der Waals surface area (Å²) in [5.41, 5.74) is -0.143. The molecular weight excluding hydrogens is 578 g/mol. The van der Waals surface area contributed by atoms with Crippen molar-refractivity contribution >= 4 is 29.4 Å². The van der Waals surface area contributed by atoms with Gasteiger partial charge in [0.1, 0.15) is 29.4 Å². The van der Waals surface area contributed by atoms with Crippen LogP contribution in [0.1, 0.15) is 30.9 Å². The number of nitrogens with zero attached hydrogens (tertiary/aromatic N) is 2. The van der Waals surface area contributed by atoms with Crippen LogP contribution in [0.5, 0.6) is 5.75 Å². The number of cyclic esters (lactones) is 1. The van der Waals surface area contributed by atoms with Crippen molar-refractivity contribution in [3.63, 3.8) is 0 Å².